The summed E-state index contributed by atoms with van der Waals surface area (Å²) >= 11 is 6.01. The number of nitrogens with one attached hydrogen (secondary N) is 1. The molecule has 186 valence electrons. The van der Waals surface area contributed by atoms with E-state index in [9.17, 15) is 19.2 Å². The second-order valence-corrected chi connectivity index (χ2v) is 9.90. The zero-order chi connectivity index (χ0) is 25.6. The average Bonchev–Trinajstić information content (AvgIpc) is 3.46. The predicted molar refractivity (Wildman–Crippen MR) is 137 cm³/mol. The number of hydrogen-bond acceptors (Lipinski definition) is 5. The highest BCUT2D eigenvalue weighted by Gasteiger charge is 2.23. The van der Waals surface area contributed by atoms with Gasteiger partial charge in [-0.25, -0.2) is 13.9 Å². The molecular formula is C26H26ClN5O4. The van der Waals surface area contributed by atoms with Gasteiger partial charge in [0.15, 0.2) is 5.78 Å². The van der Waals surface area contributed by atoms with E-state index >= 15 is 0 Å². The van der Waals surface area contributed by atoms with Crippen molar-refractivity contribution in [2.24, 2.45) is 0 Å². The zero-order valence-electron chi connectivity index (χ0n) is 20.0. The molecule has 0 spiro atoms. The Morgan fingerprint density at radius 3 is 2.53 bits per heavy atom. The molecule has 36 heavy (non-hydrogen) atoms. The van der Waals surface area contributed by atoms with Crippen LogP contribution < -0.4 is 16.6 Å². The highest BCUT2D eigenvalue weighted by molar-refractivity contribution is 6.31. The lowest BCUT2D eigenvalue weighted by Gasteiger charge is -2.14. The molecule has 1 saturated carbocycles. The molecule has 5 rings (SSSR count). The molecule has 9 nitrogen and oxygen atoms in total. The fourth-order valence-corrected chi connectivity index (χ4v) is 5.01. The zero-order valence-corrected chi connectivity index (χ0v) is 20.8. The number of halogens is 1. The molecule has 0 bridgehead atoms. The Hall–Kier alpha value is -3.72. The first kappa shape index (κ1) is 24.0. The molecule has 1 fully saturated rings. The first-order chi connectivity index (χ1) is 17.2. The lowest BCUT2D eigenvalue weighted by atomic mass is 10.1. The van der Waals surface area contributed by atoms with Crippen LogP contribution in [0.5, 0.6) is 0 Å². The predicted octanol–water partition coefficient (Wildman–Crippen LogP) is 3.60. The second-order valence-electron chi connectivity index (χ2n) is 9.46. The Morgan fingerprint density at radius 2 is 1.83 bits per heavy atom. The van der Waals surface area contributed by atoms with Gasteiger partial charge in [0.05, 0.1) is 10.9 Å². The molecule has 2 aromatic carbocycles. The highest BCUT2D eigenvalue weighted by atomic mass is 35.5. The van der Waals surface area contributed by atoms with Crippen molar-refractivity contribution >= 4 is 40.0 Å². The van der Waals surface area contributed by atoms with Crippen LogP contribution in [0.1, 0.15) is 66.3 Å². The van der Waals surface area contributed by atoms with E-state index in [0.717, 1.165) is 30.4 Å². The standard InChI is InChI=1S/C26H26ClN5O4/c1-15(2)31-24(35)20-11-10-17(23(34)28-19-8-3-4-9-19)13-21(20)32-25(31)29-30(26(32)36)14-22(33)16-6-5-7-18(27)12-16/h5-7,10-13,15,19H,3-4,8-9,14H2,1-2H3,(H,28,34). The van der Waals surface area contributed by atoms with Crippen LogP contribution in [0.4, 0.5) is 0 Å². The number of aromatic nitrogens is 4. The van der Waals surface area contributed by atoms with Crippen LogP contribution in [0, 0.1) is 0 Å². The number of benzene rings is 2. The number of amides is 1. The van der Waals surface area contributed by atoms with E-state index in [1.165, 1.54) is 15.0 Å². The largest absolute Gasteiger partial charge is 0.352 e. The Kier molecular flexibility index (Phi) is 6.26. The van der Waals surface area contributed by atoms with Gasteiger partial charge in [-0.1, -0.05) is 36.6 Å². The number of carbonyl (C=O) groups is 2. The van der Waals surface area contributed by atoms with Crippen LogP contribution in [0.25, 0.3) is 16.7 Å². The Bertz CT molecular complexity index is 1630. The van der Waals surface area contributed by atoms with Gasteiger partial charge in [-0.3, -0.25) is 19.0 Å². The van der Waals surface area contributed by atoms with Crippen molar-refractivity contribution in [2.75, 3.05) is 0 Å². The minimum absolute atomic E-state index is 0.111. The molecular weight excluding hydrogens is 482 g/mol. The van der Waals surface area contributed by atoms with E-state index in [4.69, 9.17) is 11.6 Å². The first-order valence-corrected chi connectivity index (χ1v) is 12.4. The van der Waals surface area contributed by atoms with Crippen molar-refractivity contribution in [2.45, 2.75) is 58.2 Å². The number of ketones is 1. The average molecular weight is 508 g/mol. The fraction of sp³-hybridized carbons (Fsp3) is 0.346. The smallest absolute Gasteiger partial charge is 0.349 e. The maximum absolute atomic E-state index is 13.5. The molecule has 0 unspecified atom stereocenters. The van der Waals surface area contributed by atoms with E-state index < -0.39 is 5.69 Å². The molecule has 1 amide bonds. The van der Waals surface area contributed by atoms with Gasteiger partial charge in [-0.15, -0.1) is 5.10 Å². The summed E-state index contributed by atoms with van der Waals surface area (Å²) in [7, 11) is 0. The summed E-state index contributed by atoms with van der Waals surface area (Å²) in [6, 6.07) is 11.0. The summed E-state index contributed by atoms with van der Waals surface area (Å²) < 4.78 is 3.76. The molecule has 4 aromatic rings. The molecule has 0 saturated heterocycles. The molecule has 1 aliphatic carbocycles. The Balaban J connectivity index is 1.65. The van der Waals surface area contributed by atoms with Crippen LogP contribution in [0.15, 0.2) is 52.1 Å². The minimum atomic E-state index is -0.576. The highest BCUT2D eigenvalue weighted by Crippen LogP contribution is 2.20. The van der Waals surface area contributed by atoms with E-state index in [1.54, 1.807) is 36.4 Å². The molecule has 0 atom stereocenters. The molecule has 0 aliphatic heterocycles. The van der Waals surface area contributed by atoms with Crippen molar-refractivity contribution in [3.8, 4) is 0 Å². The van der Waals surface area contributed by atoms with Crippen LogP contribution in [-0.4, -0.2) is 36.5 Å². The lowest BCUT2D eigenvalue weighted by molar-refractivity contribution is 0.0936. The van der Waals surface area contributed by atoms with Gasteiger partial charge < -0.3 is 5.32 Å². The van der Waals surface area contributed by atoms with E-state index in [0.29, 0.717) is 16.1 Å². The monoisotopic (exact) mass is 507 g/mol. The molecule has 1 N–H and O–H groups in total. The summed E-state index contributed by atoms with van der Waals surface area (Å²) in [4.78, 5) is 52.6. The Labute approximate surface area is 211 Å². The second kappa shape index (κ2) is 9.39. The van der Waals surface area contributed by atoms with E-state index in [-0.39, 0.29) is 52.6 Å². The van der Waals surface area contributed by atoms with Crippen LogP contribution >= 0.6 is 11.6 Å². The third kappa shape index (κ3) is 4.24. The number of Topliss-reactive ketones (excluding diaryl/α,β-unsaturated/α-hetero) is 1. The topological polar surface area (TPSA) is 107 Å². The van der Waals surface area contributed by atoms with Crippen molar-refractivity contribution in [1.82, 2.24) is 24.1 Å². The van der Waals surface area contributed by atoms with Crippen LogP contribution in [0.2, 0.25) is 5.02 Å². The minimum Gasteiger partial charge on any atom is -0.349 e. The van der Waals surface area contributed by atoms with Gasteiger partial charge in [0.1, 0.15) is 6.54 Å². The molecule has 10 heteroatoms. The summed E-state index contributed by atoms with van der Waals surface area (Å²) in [5.41, 5.74) is 0.0783. The number of fused-ring (bicyclic) bond motifs is 3. The summed E-state index contributed by atoms with van der Waals surface area (Å²) in [5.74, 6) is -0.483. The van der Waals surface area contributed by atoms with Gasteiger partial charge >= 0.3 is 5.69 Å². The lowest BCUT2D eigenvalue weighted by Crippen LogP contribution is -2.33. The van der Waals surface area contributed by atoms with Crippen molar-refractivity contribution in [1.29, 1.82) is 0 Å². The van der Waals surface area contributed by atoms with Gasteiger partial charge in [-0.05, 0) is 57.0 Å². The van der Waals surface area contributed by atoms with Gasteiger partial charge in [0.2, 0.25) is 5.78 Å². The third-order valence-electron chi connectivity index (χ3n) is 6.63. The number of nitrogens with zero attached hydrogens (tertiary/aromatic N) is 4. The molecule has 0 radical (unpaired) electrons. The van der Waals surface area contributed by atoms with Gasteiger partial charge in [-0.2, -0.15) is 0 Å². The number of rotatable bonds is 6. The fourth-order valence-electron chi connectivity index (χ4n) is 4.82. The van der Waals surface area contributed by atoms with Crippen LogP contribution in [0.3, 0.4) is 0 Å². The van der Waals surface area contributed by atoms with Crippen molar-refractivity contribution in [3.63, 3.8) is 0 Å². The summed E-state index contributed by atoms with van der Waals surface area (Å²) in [6.45, 7) is 3.31. The Morgan fingerprint density at radius 1 is 1.08 bits per heavy atom. The molecule has 2 aromatic heterocycles. The number of carbonyl (C=O) groups excluding carboxylic acids is 2. The quantitative estimate of drug-likeness (QED) is 0.401. The maximum atomic E-state index is 13.5. The summed E-state index contributed by atoms with van der Waals surface area (Å²) in [6.07, 6.45) is 4.05. The van der Waals surface area contributed by atoms with Gasteiger partial charge in [0.25, 0.3) is 11.5 Å². The van der Waals surface area contributed by atoms with Crippen molar-refractivity contribution in [3.05, 3.63) is 79.5 Å². The van der Waals surface area contributed by atoms with Crippen LogP contribution in [-0.2, 0) is 6.54 Å². The van der Waals surface area contributed by atoms with Crippen molar-refractivity contribution < 1.29 is 9.59 Å². The normalized spacial score (nSPS) is 14.2. The maximum Gasteiger partial charge on any atom is 0.352 e. The molecule has 2 heterocycles. The number of hydrogen-bond donors (Lipinski definition) is 1. The first-order valence-electron chi connectivity index (χ1n) is 12.0. The summed E-state index contributed by atoms with van der Waals surface area (Å²) in [5, 5.41) is 8.10. The third-order valence-corrected chi connectivity index (χ3v) is 6.87. The van der Waals surface area contributed by atoms with Gasteiger partial charge in [0, 0.05) is 28.2 Å². The van der Waals surface area contributed by atoms with E-state index in [1.807, 2.05) is 13.8 Å². The van der Waals surface area contributed by atoms with E-state index in [2.05, 4.69) is 10.4 Å². The SMILES string of the molecule is CC(C)n1c(=O)c2ccc(C(=O)NC3CCCC3)cc2n2c(=O)n(CC(=O)c3cccc(Cl)c3)nc12. The molecule has 1 aliphatic rings.